The summed E-state index contributed by atoms with van der Waals surface area (Å²) < 4.78 is 36.0. The second-order valence-electron chi connectivity index (χ2n) is 6.88. The molecule has 6 nitrogen and oxygen atoms in total. The molecular weight excluding hydrogens is 456 g/mol. The van der Waals surface area contributed by atoms with E-state index in [1.54, 1.807) is 4.57 Å². The highest BCUT2D eigenvalue weighted by Crippen LogP contribution is 2.36. The molecule has 148 valence electrons. The van der Waals surface area contributed by atoms with Crippen molar-refractivity contribution in [2.45, 2.75) is 37.8 Å². The van der Waals surface area contributed by atoms with Gasteiger partial charge in [-0.3, -0.25) is 4.79 Å². The first kappa shape index (κ1) is 19.3. The van der Waals surface area contributed by atoms with Crippen LogP contribution in [-0.2, 0) is 33.7 Å². The largest absolute Gasteiger partial charge is 0.464 e. The number of H-pyrrole nitrogens is 1. The van der Waals surface area contributed by atoms with Crippen molar-refractivity contribution in [1.29, 1.82) is 0 Å². The first-order chi connectivity index (χ1) is 13.3. The minimum absolute atomic E-state index is 0.00801. The van der Waals surface area contributed by atoms with E-state index in [2.05, 4.69) is 26.2 Å². The summed E-state index contributed by atoms with van der Waals surface area (Å²) >= 11 is 8.41. The van der Waals surface area contributed by atoms with Crippen LogP contribution in [0.3, 0.4) is 0 Å². The predicted octanol–water partition coefficient (Wildman–Crippen LogP) is 2.90. The van der Waals surface area contributed by atoms with Crippen LogP contribution in [0, 0.1) is 16.4 Å². The number of aromatic amines is 1. The summed E-state index contributed by atoms with van der Waals surface area (Å²) in [7, 11) is 0. The van der Waals surface area contributed by atoms with Crippen LogP contribution in [0.15, 0.2) is 16.6 Å². The third-order valence-corrected chi connectivity index (χ3v) is 6.05. The summed E-state index contributed by atoms with van der Waals surface area (Å²) in [6.45, 7) is 0.616. The van der Waals surface area contributed by atoms with Crippen LogP contribution in [0.4, 0.5) is 8.78 Å². The van der Waals surface area contributed by atoms with Crippen molar-refractivity contribution in [3.8, 4) is 0 Å². The number of ether oxygens (including phenoxy) is 1. The number of hydrogen-bond donors (Lipinski definition) is 2. The molecule has 2 atom stereocenters. The maximum absolute atomic E-state index is 14.5. The summed E-state index contributed by atoms with van der Waals surface area (Å²) in [5.41, 5.74) is 1.35. The first-order valence-electron chi connectivity index (χ1n) is 8.75. The van der Waals surface area contributed by atoms with Gasteiger partial charge in [-0.25, -0.2) is 13.6 Å². The van der Waals surface area contributed by atoms with E-state index >= 15 is 0 Å². The zero-order valence-electron chi connectivity index (χ0n) is 14.6. The number of amides is 1. The highest BCUT2D eigenvalue weighted by Gasteiger charge is 2.33. The smallest absolute Gasteiger partial charge is 0.328 e. The Labute approximate surface area is 172 Å². The lowest BCUT2D eigenvalue weighted by molar-refractivity contribution is -0.141. The number of carbonyl (C=O) groups is 2. The van der Waals surface area contributed by atoms with E-state index in [9.17, 15) is 18.4 Å². The van der Waals surface area contributed by atoms with Crippen LogP contribution in [0.25, 0.3) is 0 Å². The van der Waals surface area contributed by atoms with Crippen LogP contribution in [0.5, 0.6) is 0 Å². The van der Waals surface area contributed by atoms with E-state index in [-0.39, 0.29) is 22.4 Å². The number of aromatic nitrogens is 2. The quantitative estimate of drug-likeness (QED) is 0.408. The van der Waals surface area contributed by atoms with E-state index in [0.29, 0.717) is 36.5 Å². The zero-order valence-corrected chi connectivity index (χ0v) is 17.0. The molecule has 1 aromatic carbocycles. The van der Waals surface area contributed by atoms with Gasteiger partial charge in [-0.05, 0) is 46.7 Å². The number of cyclic esters (lactones) is 1. The van der Waals surface area contributed by atoms with E-state index in [0.717, 1.165) is 5.69 Å². The molecule has 1 fully saturated rings. The summed E-state index contributed by atoms with van der Waals surface area (Å²) in [6.07, 6.45) is 0.787. The Bertz CT molecular complexity index is 1040. The highest BCUT2D eigenvalue weighted by atomic mass is 79.9. The lowest BCUT2D eigenvalue weighted by Crippen LogP contribution is -2.38. The molecule has 1 amide bonds. The molecule has 2 aliphatic rings. The normalized spacial score (nSPS) is 20.9. The van der Waals surface area contributed by atoms with E-state index in [1.807, 2.05) is 0 Å². The second-order valence-corrected chi connectivity index (χ2v) is 8.12. The average molecular weight is 472 g/mol. The average Bonchev–Trinajstić information content (AvgIpc) is 3.31. The van der Waals surface area contributed by atoms with E-state index in [4.69, 9.17) is 17.0 Å². The Morgan fingerprint density at radius 2 is 2.21 bits per heavy atom. The molecule has 1 aromatic heterocycles. The Kier molecular flexibility index (Phi) is 5.09. The van der Waals surface area contributed by atoms with Crippen LogP contribution >= 0.6 is 28.1 Å². The number of benzene rings is 1. The molecule has 2 N–H and O–H groups in total. The number of hydrogen-bond acceptors (Lipinski definition) is 4. The predicted molar refractivity (Wildman–Crippen MR) is 101 cm³/mol. The monoisotopic (exact) mass is 471 g/mol. The standard InChI is InChI=1S/C18H16BrF2N3O3S/c19-9-1-2-10(20)15(16(9)21)8-5-13-12(23-18(28)24(13)7-8)6-14(25)22-11-3-4-27-17(11)26/h1-2,8,11H,3-7H2,(H,22,25)(H,23,28)/t8-,11?/m0/s1. The van der Waals surface area contributed by atoms with E-state index in [1.165, 1.54) is 12.1 Å². The lowest BCUT2D eigenvalue weighted by atomic mass is 9.95. The van der Waals surface area contributed by atoms with Crippen molar-refractivity contribution in [3.05, 3.63) is 50.0 Å². The Morgan fingerprint density at radius 3 is 2.93 bits per heavy atom. The number of fused-ring (bicyclic) bond motifs is 1. The number of nitrogens with one attached hydrogen (secondary N) is 2. The fourth-order valence-electron chi connectivity index (χ4n) is 3.79. The van der Waals surface area contributed by atoms with Gasteiger partial charge >= 0.3 is 5.97 Å². The fraction of sp³-hybridized carbons (Fsp3) is 0.389. The Hall–Kier alpha value is -2.07. The number of halogens is 3. The summed E-state index contributed by atoms with van der Waals surface area (Å²) in [6, 6.07) is 1.93. The van der Waals surface area contributed by atoms with Gasteiger partial charge in [0.2, 0.25) is 5.91 Å². The molecule has 0 bridgehead atoms. The molecule has 28 heavy (non-hydrogen) atoms. The van der Waals surface area contributed by atoms with Crippen LogP contribution in [0.2, 0.25) is 0 Å². The molecule has 0 spiro atoms. The molecule has 1 saturated heterocycles. The summed E-state index contributed by atoms with van der Waals surface area (Å²) in [4.78, 5) is 26.8. The number of imidazole rings is 1. The van der Waals surface area contributed by atoms with Gasteiger partial charge in [0.1, 0.15) is 17.7 Å². The van der Waals surface area contributed by atoms with Crippen molar-refractivity contribution < 1.29 is 23.1 Å². The molecule has 0 radical (unpaired) electrons. The number of esters is 1. The maximum Gasteiger partial charge on any atom is 0.328 e. The van der Waals surface area contributed by atoms with Crippen LogP contribution < -0.4 is 5.32 Å². The first-order valence-corrected chi connectivity index (χ1v) is 9.95. The topological polar surface area (TPSA) is 76.1 Å². The minimum Gasteiger partial charge on any atom is -0.464 e. The molecule has 2 aliphatic heterocycles. The van der Waals surface area contributed by atoms with Crippen molar-refractivity contribution in [3.63, 3.8) is 0 Å². The van der Waals surface area contributed by atoms with Crippen molar-refractivity contribution >= 4 is 40.0 Å². The number of rotatable bonds is 4. The van der Waals surface area contributed by atoms with Gasteiger partial charge in [0.25, 0.3) is 0 Å². The van der Waals surface area contributed by atoms with Crippen molar-refractivity contribution in [2.75, 3.05) is 6.61 Å². The maximum atomic E-state index is 14.5. The Morgan fingerprint density at radius 1 is 1.43 bits per heavy atom. The Balaban J connectivity index is 1.54. The molecule has 3 heterocycles. The molecule has 1 unspecified atom stereocenters. The summed E-state index contributed by atoms with van der Waals surface area (Å²) in [5, 5.41) is 2.64. The molecule has 10 heteroatoms. The van der Waals surface area contributed by atoms with Gasteiger partial charge in [-0.1, -0.05) is 0 Å². The minimum atomic E-state index is -0.635. The van der Waals surface area contributed by atoms with Gasteiger partial charge in [-0.15, -0.1) is 0 Å². The molecule has 4 rings (SSSR count). The lowest BCUT2D eigenvalue weighted by Gasteiger charge is -2.13. The van der Waals surface area contributed by atoms with Gasteiger partial charge in [0, 0.05) is 35.8 Å². The molecule has 2 aromatic rings. The number of nitrogens with zero attached hydrogens (tertiary/aromatic N) is 1. The second kappa shape index (κ2) is 7.40. The fourth-order valence-corrected chi connectivity index (χ4v) is 4.44. The third kappa shape index (κ3) is 3.39. The van der Waals surface area contributed by atoms with Gasteiger partial charge in [0.05, 0.1) is 17.5 Å². The number of carbonyl (C=O) groups excluding carboxylic acids is 2. The molecule has 0 aliphatic carbocycles. The van der Waals surface area contributed by atoms with Crippen LogP contribution in [0.1, 0.15) is 29.3 Å². The van der Waals surface area contributed by atoms with Crippen molar-refractivity contribution in [1.82, 2.24) is 14.9 Å². The summed E-state index contributed by atoms with van der Waals surface area (Å²) in [5.74, 6) is -2.43. The zero-order chi connectivity index (χ0) is 20.0. The van der Waals surface area contributed by atoms with Gasteiger partial charge in [-0.2, -0.15) is 0 Å². The van der Waals surface area contributed by atoms with Gasteiger partial charge < -0.3 is 19.6 Å². The van der Waals surface area contributed by atoms with Crippen molar-refractivity contribution in [2.24, 2.45) is 0 Å². The molecule has 0 saturated carbocycles. The van der Waals surface area contributed by atoms with Gasteiger partial charge in [0.15, 0.2) is 4.77 Å². The van der Waals surface area contributed by atoms with Crippen LogP contribution in [-0.4, -0.2) is 34.1 Å². The third-order valence-electron chi connectivity index (χ3n) is 5.12. The van der Waals surface area contributed by atoms with E-state index < -0.39 is 29.6 Å². The molecular formula is C18H16BrF2N3O3S. The SMILES string of the molecule is O=C(Cc1[nH]c(=S)n2c1C[C@H](c1c(F)ccc(Br)c1F)C2)NC1CCOC1=O. The highest BCUT2D eigenvalue weighted by molar-refractivity contribution is 9.10.